The van der Waals surface area contributed by atoms with Crippen molar-refractivity contribution in [2.24, 2.45) is 0 Å². The molecule has 2 rings (SSSR count). The Balaban J connectivity index is 2.14. The van der Waals surface area contributed by atoms with Crippen LogP contribution < -0.4 is 10.1 Å². The Morgan fingerprint density at radius 1 is 1.45 bits per heavy atom. The molecular weight excluding hydrogens is 252 g/mol. The molecular formula is C16H18N2O2. The van der Waals surface area contributed by atoms with Gasteiger partial charge in [0.1, 0.15) is 11.3 Å². The summed E-state index contributed by atoms with van der Waals surface area (Å²) in [4.78, 5) is 12.0. The SMILES string of the molecule is COc1ccccc1/C(C)=C\C(=O)NC1(C#N)CCC1. The van der Waals surface area contributed by atoms with Crippen LogP contribution in [0.1, 0.15) is 31.7 Å². The molecule has 0 atom stereocenters. The maximum Gasteiger partial charge on any atom is 0.245 e. The molecule has 4 heteroatoms. The number of nitrogens with zero attached hydrogens (tertiary/aromatic N) is 1. The van der Waals surface area contributed by atoms with Crippen LogP contribution in [0.4, 0.5) is 0 Å². The third-order valence-corrected chi connectivity index (χ3v) is 3.66. The molecule has 0 heterocycles. The maximum absolute atomic E-state index is 12.0. The van der Waals surface area contributed by atoms with E-state index in [1.54, 1.807) is 7.11 Å². The summed E-state index contributed by atoms with van der Waals surface area (Å²) in [6.07, 6.45) is 3.98. The van der Waals surface area contributed by atoms with Gasteiger partial charge in [0.25, 0.3) is 0 Å². The van der Waals surface area contributed by atoms with Crippen LogP contribution in [-0.2, 0) is 4.79 Å². The molecule has 1 N–H and O–H groups in total. The van der Waals surface area contributed by atoms with Crippen LogP contribution in [0.2, 0.25) is 0 Å². The molecule has 0 bridgehead atoms. The summed E-state index contributed by atoms with van der Waals surface area (Å²) in [5.41, 5.74) is 1.03. The highest BCUT2D eigenvalue weighted by Gasteiger charge is 2.38. The van der Waals surface area contributed by atoms with E-state index in [2.05, 4.69) is 11.4 Å². The lowest BCUT2D eigenvalue weighted by atomic mass is 9.78. The fraction of sp³-hybridized carbons (Fsp3) is 0.375. The first-order valence-electron chi connectivity index (χ1n) is 6.65. The second-order valence-electron chi connectivity index (χ2n) is 5.06. The maximum atomic E-state index is 12.0. The van der Waals surface area contributed by atoms with Crippen molar-refractivity contribution in [3.63, 3.8) is 0 Å². The number of para-hydroxylation sites is 1. The normalized spacial score (nSPS) is 16.8. The number of ether oxygens (including phenoxy) is 1. The molecule has 1 fully saturated rings. The van der Waals surface area contributed by atoms with E-state index < -0.39 is 5.54 Å². The van der Waals surface area contributed by atoms with Crippen molar-refractivity contribution < 1.29 is 9.53 Å². The Labute approximate surface area is 119 Å². The highest BCUT2D eigenvalue weighted by molar-refractivity contribution is 5.96. The molecule has 0 aliphatic heterocycles. The zero-order chi connectivity index (χ0) is 14.6. The van der Waals surface area contributed by atoms with Crippen molar-refractivity contribution in [2.75, 3.05) is 7.11 Å². The molecule has 1 aromatic rings. The smallest absolute Gasteiger partial charge is 0.245 e. The highest BCUT2D eigenvalue weighted by atomic mass is 16.5. The van der Waals surface area contributed by atoms with Gasteiger partial charge in [0.2, 0.25) is 5.91 Å². The fourth-order valence-electron chi connectivity index (χ4n) is 2.31. The Bertz CT molecular complexity index is 580. The van der Waals surface area contributed by atoms with Gasteiger partial charge in [-0.3, -0.25) is 4.79 Å². The van der Waals surface area contributed by atoms with E-state index in [-0.39, 0.29) is 5.91 Å². The van der Waals surface area contributed by atoms with E-state index in [1.807, 2.05) is 31.2 Å². The average Bonchev–Trinajstić information content (AvgIpc) is 2.42. The first-order chi connectivity index (χ1) is 9.60. The van der Waals surface area contributed by atoms with Crippen molar-refractivity contribution in [2.45, 2.75) is 31.7 Å². The van der Waals surface area contributed by atoms with Crippen LogP contribution >= 0.6 is 0 Å². The number of rotatable bonds is 4. The molecule has 104 valence electrons. The van der Waals surface area contributed by atoms with E-state index in [4.69, 9.17) is 10.00 Å². The zero-order valence-corrected chi connectivity index (χ0v) is 11.8. The third kappa shape index (κ3) is 2.83. The molecule has 1 amide bonds. The predicted octanol–water partition coefficient (Wildman–Crippen LogP) is 2.66. The summed E-state index contributed by atoms with van der Waals surface area (Å²) in [7, 11) is 1.60. The summed E-state index contributed by atoms with van der Waals surface area (Å²) in [6, 6.07) is 9.74. The Morgan fingerprint density at radius 2 is 2.15 bits per heavy atom. The predicted molar refractivity (Wildman–Crippen MR) is 77.0 cm³/mol. The summed E-state index contributed by atoms with van der Waals surface area (Å²) < 4.78 is 5.28. The molecule has 1 aliphatic carbocycles. The molecule has 1 saturated carbocycles. The highest BCUT2D eigenvalue weighted by Crippen LogP contribution is 2.31. The van der Waals surface area contributed by atoms with E-state index in [9.17, 15) is 4.79 Å². The molecule has 0 spiro atoms. The van der Waals surface area contributed by atoms with Crippen molar-refractivity contribution in [3.8, 4) is 11.8 Å². The van der Waals surface area contributed by atoms with Gasteiger partial charge in [-0.05, 0) is 37.8 Å². The third-order valence-electron chi connectivity index (χ3n) is 3.66. The molecule has 1 aliphatic rings. The van der Waals surface area contributed by atoms with E-state index in [1.165, 1.54) is 6.08 Å². The first-order valence-corrected chi connectivity index (χ1v) is 6.65. The van der Waals surface area contributed by atoms with Gasteiger partial charge in [0.15, 0.2) is 0 Å². The number of amides is 1. The lowest BCUT2D eigenvalue weighted by Crippen LogP contribution is -2.51. The number of nitriles is 1. The first kappa shape index (κ1) is 14.1. The largest absolute Gasteiger partial charge is 0.496 e. The van der Waals surface area contributed by atoms with Gasteiger partial charge in [-0.2, -0.15) is 5.26 Å². The van der Waals surface area contributed by atoms with Crippen LogP contribution in [0.3, 0.4) is 0 Å². The number of methoxy groups -OCH3 is 1. The van der Waals surface area contributed by atoms with E-state index >= 15 is 0 Å². The minimum absolute atomic E-state index is 0.227. The van der Waals surface area contributed by atoms with Gasteiger partial charge < -0.3 is 10.1 Å². The molecule has 4 nitrogen and oxygen atoms in total. The van der Waals surface area contributed by atoms with Gasteiger partial charge >= 0.3 is 0 Å². The van der Waals surface area contributed by atoms with Gasteiger partial charge in [-0.1, -0.05) is 18.2 Å². The summed E-state index contributed by atoms with van der Waals surface area (Å²) >= 11 is 0. The lowest BCUT2D eigenvalue weighted by Gasteiger charge is -2.35. The Kier molecular flexibility index (Phi) is 4.09. The average molecular weight is 270 g/mol. The van der Waals surface area contributed by atoms with Crippen LogP contribution in [0.15, 0.2) is 30.3 Å². The summed E-state index contributed by atoms with van der Waals surface area (Å²) in [5.74, 6) is 0.502. The summed E-state index contributed by atoms with van der Waals surface area (Å²) in [6.45, 7) is 1.86. The van der Waals surface area contributed by atoms with E-state index in [0.29, 0.717) is 0 Å². The van der Waals surface area contributed by atoms with Gasteiger partial charge in [0.05, 0.1) is 13.2 Å². The van der Waals surface area contributed by atoms with Crippen molar-refractivity contribution in [1.29, 1.82) is 5.26 Å². The van der Waals surface area contributed by atoms with Gasteiger partial charge in [-0.15, -0.1) is 0 Å². The molecule has 0 saturated heterocycles. The van der Waals surface area contributed by atoms with Crippen molar-refractivity contribution >= 4 is 11.5 Å². The molecule has 1 aromatic carbocycles. The number of benzene rings is 1. The summed E-state index contributed by atoms with van der Waals surface area (Å²) in [5, 5.41) is 11.9. The van der Waals surface area contributed by atoms with Crippen molar-refractivity contribution in [3.05, 3.63) is 35.9 Å². The monoisotopic (exact) mass is 270 g/mol. The minimum atomic E-state index is -0.658. The number of carbonyl (C=O) groups excluding carboxylic acids is 1. The van der Waals surface area contributed by atoms with Crippen LogP contribution in [0.5, 0.6) is 5.75 Å². The second kappa shape index (κ2) is 5.79. The van der Waals surface area contributed by atoms with Gasteiger partial charge in [0, 0.05) is 11.6 Å². The number of carbonyl (C=O) groups is 1. The molecule has 0 aromatic heterocycles. The lowest BCUT2D eigenvalue weighted by molar-refractivity contribution is -0.118. The minimum Gasteiger partial charge on any atom is -0.496 e. The van der Waals surface area contributed by atoms with Crippen molar-refractivity contribution in [1.82, 2.24) is 5.32 Å². The zero-order valence-electron chi connectivity index (χ0n) is 11.8. The standard InChI is InChI=1S/C16H18N2O2/c1-12(13-6-3-4-7-14(13)20-2)10-15(19)18-16(11-17)8-5-9-16/h3-4,6-7,10H,5,8-9H2,1-2H3,(H,18,19)/b12-10-. The molecule has 0 unspecified atom stereocenters. The number of hydrogen-bond donors (Lipinski definition) is 1. The fourth-order valence-corrected chi connectivity index (χ4v) is 2.31. The second-order valence-corrected chi connectivity index (χ2v) is 5.06. The Morgan fingerprint density at radius 3 is 2.70 bits per heavy atom. The number of nitrogens with one attached hydrogen (secondary N) is 1. The van der Waals surface area contributed by atoms with Gasteiger partial charge in [-0.25, -0.2) is 0 Å². The molecule has 20 heavy (non-hydrogen) atoms. The van der Waals surface area contributed by atoms with E-state index in [0.717, 1.165) is 36.1 Å². The Hall–Kier alpha value is -2.28. The molecule has 0 radical (unpaired) electrons. The number of hydrogen-bond acceptors (Lipinski definition) is 3. The van der Waals surface area contributed by atoms with Crippen LogP contribution in [-0.4, -0.2) is 18.6 Å². The van der Waals surface area contributed by atoms with Crippen LogP contribution in [0.25, 0.3) is 5.57 Å². The topological polar surface area (TPSA) is 62.1 Å². The number of allylic oxidation sites excluding steroid dienone is 1. The quantitative estimate of drug-likeness (QED) is 0.855. The van der Waals surface area contributed by atoms with Crippen LogP contribution in [0, 0.1) is 11.3 Å².